The minimum atomic E-state index is -0.249. The zero-order valence-electron chi connectivity index (χ0n) is 11.9. The largest absolute Gasteiger partial charge is 0.496 e. The molecule has 3 heteroatoms. The summed E-state index contributed by atoms with van der Waals surface area (Å²) in [4.78, 5) is 0. The number of benzene rings is 2. The van der Waals surface area contributed by atoms with Gasteiger partial charge in [-0.2, -0.15) is 0 Å². The molecule has 0 bridgehead atoms. The molecule has 2 aromatic carbocycles. The molecule has 0 saturated carbocycles. The maximum atomic E-state index is 13.4. The number of methoxy groups -OCH3 is 1. The summed E-state index contributed by atoms with van der Waals surface area (Å²) >= 11 is 0. The summed E-state index contributed by atoms with van der Waals surface area (Å²) in [7, 11) is 1.60. The van der Waals surface area contributed by atoms with E-state index in [1.54, 1.807) is 13.2 Å². The number of halogens is 1. The van der Waals surface area contributed by atoms with Gasteiger partial charge >= 0.3 is 0 Å². The molecule has 1 atom stereocenters. The summed E-state index contributed by atoms with van der Waals surface area (Å²) in [5.41, 5.74) is 9.19. The van der Waals surface area contributed by atoms with Crippen molar-refractivity contribution in [1.82, 2.24) is 0 Å². The molecule has 2 N–H and O–H groups in total. The van der Waals surface area contributed by atoms with Gasteiger partial charge in [0.1, 0.15) is 11.6 Å². The highest BCUT2D eigenvalue weighted by Gasteiger charge is 2.15. The second kappa shape index (κ2) is 6.53. The molecule has 2 rings (SSSR count). The summed E-state index contributed by atoms with van der Waals surface area (Å²) in [6.07, 6.45) is 0.669. The molecule has 0 aliphatic rings. The van der Waals surface area contributed by atoms with Crippen molar-refractivity contribution in [2.45, 2.75) is 19.3 Å². The van der Waals surface area contributed by atoms with E-state index in [0.29, 0.717) is 18.7 Å². The van der Waals surface area contributed by atoms with Crippen molar-refractivity contribution in [3.8, 4) is 5.75 Å². The Morgan fingerprint density at radius 1 is 1.20 bits per heavy atom. The Labute approximate surface area is 119 Å². The van der Waals surface area contributed by atoms with Crippen LogP contribution in [0.1, 0.15) is 22.6 Å². The van der Waals surface area contributed by atoms with E-state index < -0.39 is 0 Å². The normalized spacial score (nSPS) is 12.2. The lowest BCUT2D eigenvalue weighted by Crippen LogP contribution is -2.16. The van der Waals surface area contributed by atoms with Gasteiger partial charge in [0.2, 0.25) is 0 Å². The van der Waals surface area contributed by atoms with Gasteiger partial charge in [-0.25, -0.2) is 4.39 Å². The third-order valence-electron chi connectivity index (χ3n) is 3.62. The van der Waals surface area contributed by atoms with Gasteiger partial charge in [0, 0.05) is 5.92 Å². The van der Waals surface area contributed by atoms with Crippen LogP contribution in [0.3, 0.4) is 0 Å². The fourth-order valence-corrected chi connectivity index (χ4v) is 2.54. The van der Waals surface area contributed by atoms with Gasteiger partial charge in [0.25, 0.3) is 0 Å². The van der Waals surface area contributed by atoms with Crippen molar-refractivity contribution in [3.63, 3.8) is 0 Å². The second-order valence-corrected chi connectivity index (χ2v) is 4.95. The number of nitrogens with two attached hydrogens (primary N) is 1. The molecular formula is C17H20FNO. The third kappa shape index (κ3) is 3.17. The summed E-state index contributed by atoms with van der Waals surface area (Å²) in [5.74, 6) is 0.617. The zero-order chi connectivity index (χ0) is 14.5. The van der Waals surface area contributed by atoms with E-state index in [9.17, 15) is 4.39 Å². The fraction of sp³-hybridized carbons (Fsp3) is 0.294. The molecule has 0 amide bonds. The minimum absolute atomic E-state index is 0.159. The smallest absolute Gasteiger partial charge is 0.123 e. The molecule has 0 saturated heterocycles. The molecule has 0 fully saturated rings. The lowest BCUT2D eigenvalue weighted by Gasteiger charge is -2.19. The van der Waals surface area contributed by atoms with Crippen LogP contribution in [-0.4, -0.2) is 13.7 Å². The van der Waals surface area contributed by atoms with Crippen LogP contribution in [-0.2, 0) is 6.42 Å². The Bertz CT molecular complexity index is 583. The van der Waals surface area contributed by atoms with E-state index >= 15 is 0 Å². The number of aryl methyl sites for hydroxylation is 1. The van der Waals surface area contributed by atoms with Crippen LogP contribution in [0, 0.1) is 12.7 Å². The number of rotatable bonds is 5. The van der Waals surface area contributed by atoms with Crippen molar-refractivity contribution < 1.29 is 9.13 Å². The Balaban J connectivity index is 2.31. The molecule has 0 radical (unpaired) electrons. The molecule has 0 aliphatic carbocycles. The monoisotopic (exact) mass is 273 g/mol. The van der Waals surface area contributed by atoms with Crippen molar-refractivity contribution in [2.24, 2.45) is 5.73 Å². The minimum Gasteiger partial charge on any atom is -0.496 e. The zero-order valence-corrected chi connectivity index (χ0v) is 11.9. The third-order valence-corrected chi connectivity index (χ3v) is 3.62. The maximum absolute atomic E-state index is 13.4. The average Bonchev–Trinajstić information content (AvgIpc) is 2.46. The Morgan fingerprint density at radius 2 is 1.95 bits per heavy atom. The first-order valence-electron chi connectivity index (χ1n) is 6.73. The second-order valence-electron chi connectivity index (χ2n) is 4.95. The first kappa shape index (κ1) is 14.5. The van der Waals surface area contributed by atoms with Gasteiger partial charge in [-0.15, -0.1) is 0 Å². The van der Waals surface area contributed by atoms with E-state index in [0.717, 1.165) is 5.56 Å². The molecule has 2 aromatic rings. The molecule has 106 valence electrons. The highest BCUT2D eigenvalue weighted by Crippen LogP contribution is 2.28. The van der Waals surface area contributed by atoms with Crippen LogP contribution >= 0.6 is 0 Å². The highest BCUT2D eigenvalue weighted by molar-refractivity contribution is 5.37. The van der Waals surface area contributed by atoms with E-state index in [4.69, 9.17) is 10.5 Å². The number of hydrogen-bond acceptors (Lipinski definition) is 2. The van der Waals surface area contributed by atoms with Gasteiger partial charge in [0.05, 0.1) is 7.11 Å². The first-order valence-corrected chi connectivity index (χ1v) is 6.73. The van der Waals surface area contributed by atoms with Crippen LogP contribution in [0.2, 0.25) is 0 Å². The maximum Gasteiger partial charge on any atom is 0.123 e. The molecule has 2 nitrogen and oxygen atoms in total. The number of hydrogen-bond donors (Lipinski definition) is 1. The Hall–Kier alpha value is -1.87. The molecule has 0 aromatic heterocycles. The van der Waals surface area contributed by atoms with Crippen LogP contribution in [0.5, 0.6) is 5.75 Å². The van der Waals surface area contributed by atoms with Crippen LogP contribution in [0.25, 0.3) is 0 Å². The molecule has 0 aliphatic heterocycles. The molecule has 20 heavy (non-hydrogen) atoms. The van der Waals surface area contributed by atoms with Gasteiger partial charge in [-0.3, -0.25) is 0 Å². The van der Waals surface area contributed by atoms with Gasteiger partial charge in [-0.05, 0) is 54.8 Å². The fourth-order valence-electron chi connectivity index (χ4n) is 2.54. The van der Waals surface area contributed by atoms with Crippen molar-refractivity contribution in [1.29, 1.82) is 0 Å². The van der Waals surface area contributed by atoms with Crippen molar-refractivity contribution in [2.75, 3.05) is 13.7 Å². The lowest BCUT2D eigenvalue weighted by molar-refractivity contribution is 0.406. The molecular weight excluding hydrogens is 253 g/mol. The standard InChI is InChI=1S/C17H20FNO/c1-12-5-3-4-6-16(12)14(11-19)9-13-10-15(18)7-8-17(13)20-2/h3-8,10,14H,9,11,19H2,1-2H3. The average molecular weight is 273 g/mol. The summed E-state index contributed by atoms with van der Waals surface area (Å²) in [5, 5.41) is 0. The molecule has 0 spiro atoms. The van der Waals surface area contributed by atoms with E-state index in [1.165, 1.54) is 23.3 Å². The van der Waals surface area contributed by atoms with Crippen LogP contribution in [0.4, 0.5) is 4.39 Å². The van der Waals surface area contributed by atoms with Gasteiger partial charge < -0.3 is 10.5 Å². The Kier molecular flexibility index (Phi) is 4.74. The Morgan fingerprint density at radius 3 is 2.60 bits per heavy atom. The molecule has 1 unspecified atom stereocenters. The topological polar surface area (TPSA) is 35.2 Å². The van der Waals surface area contributed by atoms with Gasteiger partial charge in [-0.1, -0.05) is 24.3 Å². The quantitative estimate of drug-likeness (QED) is 0.906. The SMILES string of the molecule is COc1ccc(F)cc1CC(CN)c1ccccc1C. The number of ether oxygens (including phenoxy) is 1. The van der Waals surface area contributed by atoms with Crippen molar-refractivity contribution in [3.05, 3.63) is 65.0 Å². The highest BCUT2D eigenvalue weighted by atomic mass is 19.1. The van der Waals surface area contributed by atoms with E-state index in [1.807, 2.05) is 12.1 Å². The summed E-state index contributed by atoms with van der Waals surface area (Å²) in [6, 6.07) is 12.8. The first-order chi connectivity index (χ1) is 9.65. The summed E-state index contributed by atoms with van der Waals surface area (Å²) < 4.78 is 18.7. The van der Waals surface area contributed by atoms with Gasteiger partial charge in [0.15, 0.2) is 0 Å². The van der Waals surface area contributed by atoms with Crippen LogP contribution in [0.15, 0.2) is 42.5 Å². The predicted octanol–water partition coefficient (Wildman–Crippen LogP) is 3.43. The van der Waals surface area contributed by atoms with Crippen LogP contribution < -0.4 is 10.5 Å². The van der Waals surface area contributed by atoms with Crippen molar-refractivity contribution >= 4 is 0 Å². The lowest BCUT2D eigenvalue weighted by atomic mass is 9.89. The van der Waals surface area contributed by atoms with E-state index in [-0.39, 0.29) is 11.7 Å². The van der Waals surface area contributed by atoms with E-state index in [2.05, 4.69) is 19.1 Å². The predicted molar refractivity (Wildman–Crippen MR) is 79.6 cm³/mol. The molecule has 0 heterocycles. The summed E-state index contributed by atoms with van der Waals surface area (Å²) in [6.45, 7) is 2.59.